The van der Waals surface area contributed by atoms with Crippen LogP contribution in [0.15, 0.2) is 24.3 Å². The summed E-state index contributed by atoms with van der Waals surface area (Å²) < 4.78 is 26.9. The van der Waals surface area contributed by atoms with Gasteiger partial charge in [-0.1, -0.05) is 12.1 Å². The van der Waals surface area contributed by atoms with Crippen LogP contribution in [0.5, 0.6) is 0 Å². The number of benzene rings is 1. The third-order valence-corrected chi connectivity index (χ3v) is 4.87. The van der Waals surface area contributed by atoms with Crippen molar-refractivity contribution in [3.8, 4) is 0 Å². The van der Waals surface area contributed by atoms with Crippen molar-refractivity contribution in [1.82, 2.24) is 5.32 Å². The van der Waals surface area contributed by atoms with Crippen molar-refractivity contribution in [2.45, 2.75) is 25.0 Å². The largest absolute Gasteiger partial charge is 0.317 e. The lowest BCUT2D eigenvalue weighted by Gasteiger charge is -2.23. The molecule has 0 radical (unpaired) electrons. The first-order chi connectivity index (χ1) is 8.08. The third kappa shape index (κ3) is 5.18. The molecule has 0 unspecified atom stereocenters. The number of piperidine rings is 1. The number of hydrogen-bond donors (Lipinski definition) is 2. The maximum absolute atomic E-state index is 12.1. The van der Waals surface area contributed by atoms with Crippen LogP contribution >= 0.6 is 24.8 Å². The molecular weight excluding hydrogens is 307 g/mol. The minimum atomic E-state index is -3.24. The van der Waals surface area contributed by atoms with E-state index in [1.807, 2.05) is 25.1 Å². The molecular formula is C12H20Cl2N2O2S. The molecule has 1 aromatic rings. The maximum atomic E-state index is 12.1. The summed E-state index contributed by atoms with van der Waals surface area (Å²) in [5, 5.41) is 2.89. The molecule has 0 amide bonds. The van der Waals surface area contributed by atoms with Crippen LogP contribution in [0, 0.1) is 6.92 Å². The van der Waals surface area contributed by atoms with Crippen molar-refractivity contribution in [1.29, 1.82) is 0 Å². The molecule has 1 aromatic carbocycles. The number of nitrogens with one attached hydrogen (secondary N) is 2. The smallest absolute Gasteiger partial charge is 0.235 e. The number of anilines is 1. The van der Waals surface area contributed by atoms with Gasteiger partial charge in [0.15, 0.2) is 0 Å². The van der Waals surface area contributed by atoms with Crippen LogP contribution in [0.25, 0.3) is 0 Å². The molecule has 1 aliphatic rings. The highest BCUT2D eigenvalue weighted by Gasteiger charge is 2.26. The SMILES string of the molecule is Cc1cccc(NS(=O)(=O)C2CCNCC2)c1.Cl.Cl. The highest BCUT2D eigenvalue weighted by Crippen LogP contribution is 2.18. The molecule has 0 aromatic heterocycles. The fourth-order valence-electron chi connectivity index (χ4n) is 2.06. The first-order valence-electron chi connectivity index (χ1n) is 5.87. The average Bonchev–Trinajstić information content (AvgIpc) is 2.29. The predicted molar refractivity (Wildman–Crippen MR) is 84.1 cm³/mol. The monoisotopic (exact) mass is 326 g/mol. The zero-order chi connectivity index (χ0) is 12.3. The average molecular weight is 327 g/mol. The third-order valence-electron chi connectivity index (χ3n) is 3.00. The molecule has 2 N–H and O–H groups in total. The highest BCUT2D eigenvalue weighted by molar-refractivity contribution is 7.93. The van der Waals surface area contributed by atoms with E-state index < -0.39 is 10.0 Å². The molecule has 0 spiro atoms. The summed E-state index contributed by atoms with van der Waals surface area (Å²) in [4.78, 5) is 0. The normalized spacial score (nSPS) is 16.1. The van der Waals surface area contributed by atoms with Crippen molar-refractivity contribution in [3.63, 3.8) is 0 Å². The van der Waals surface area contributed by atoms with Gasteiger partial charge < -0.3 is 5.32 Å². The molecule has 0 aliphatic carbocycles. The summed E-state index contributed by atoms with van der Waals surface area (Å²) in [6, 6.07) is 7.43. The van der Waals surface area contributed by atoms with Crippen LogP contribution in [-0.4, -0.2) is 26.8 Å². The van der Waals surface area contributed by atoms with E-state index in [4.69, 9.17) is 0 Å². The number of rotatable bonds is 3. The van der Waals surface area contributed by atoms with Crippen LogP contribution < -0.4 is 10.0 Å². The molecule has 1 heterocycles. The fraction of sp³-hybridized carbons (Fsp3) is 0.500. The number of hydrogen-bond acceptors (Lipinski definition) is 3. The first kappa shape index (κ1) is 18.5. The molecule has 7 heteroatoms. The zero-order valence-corrected chi connectivity index (χ0v) is 13.2. The Morgan fingerprint density at radius 2 is 1.84 bits per heavy atom. The summed E-state index contributed by atoms with van der Waals surface area (Å²) in [7, 11) is -3.24. The van der Waals surface area contributed by atoms with Crippen LogP contribution in [0.2, 0.25) is 0 Å². The highest BCUT2D eigenvalue weighted by atomic mass is 35.5. The molecule has 0 bridgehead atoms. The van der Waals surface area contributed by atoms with E-state index >= 15 is 0 Å². The summed E-state index contributed by atoms with van der Waals surface area (Å²) in [5.74, 6) is 0. The Kier molecular flexibility index (Phi) is 7.74. The van der Waals surface area contributed by atoms with Gasteiger partial charge in [0.05, 0.1) is 5.25 Å². The summed E-state index contributed by atoms with van der Waals surface area (Å²) in [6.07, 6.45) is 1.36. The van der Waals surface area contributed by atoms with E-state index in [0.717, 1.165) is 18.7 Å². The molecule has 4 nitrogen and oxygen atoms in total. The van der Waals surface area contributed by atoms with Gasteiger partial charge in [0.2, 0.25) is 10.0 Å². The van der Waals surface area contributed by atoms with E-state index in [1.165, 1.54) is 0 Å². The van der Waals surface area contributed by atoms with Gasteiger partial charge in [-0.15, -0.1) is 24.8 Å². The lowest BCUT2D eigenvalue weighted by molar-refractivity contribution is 0.499. The Balaban J connectivity index is 0.00000162. The van der Waals surface area contributed by atoms with Crippen molar-refractivity contribution in [3.05, 3.63) is 29.8 Å². The van der Waals surface area contributed by atoms with Gasteiger partial charge in [-0.05, 0) is 50.6 Å². The second-order valence-corrected chi connectivity index (χ2v) is 6.43. The summed E-state index contributed by atoms with van der Waals surface area (Å²) >= 11 is 0. The second-order valence-electron chi connectivity index (χ2n) is 4.47. The van der Waals surface area contributed by atoms with Crippen LogP contribution in [0.4, 0.5) is 5.69 Å². The number of sulfonamides is 1. The molecule has 1 aliphatic heterocycles. The van der Waals surface area contributed by atoms with E-state index in [2.05, 4.69) is 10.0 Å². The number of aryl methyl sites for hydroxylation is 1. The van der Waals surface area contributed by atoms with Gasteiger partial charge in [0.1, 0.15) is 0 Å². The Bertz CT molecular complexity index is 488. The van der Waals surface area contributed by atoms with E-state index in [-0.39, 0.29) is 30.1 Å². The lowest BCUT2D eigenvalue weighted by atomic mass is 10.2. The predicted octanol–water partition coefficient (Wildman–Crippen LogP) is 2.33. The van der Waals surface area contributed by atoms with Crippen LogP contribution in [0.1, 0.15) is 18.4 Å². The van der Waals surface area contributed by atoms with Crippen molar-refractivity contribution in [2.24, 2.45) is 0 Å². The summed E-state index contributed by atoms with van der Waals surface area (Å²) in [5.41, 5.74) is 1.71. The maximum Gasteiger partial charge on any atom is 0.235 e. The second kappa shape index (κ2) is 7.94. The topological polar surface area (TPSA) is 58.2 Å². The van der Waals surface area contributed by atoms with Gasteiger partial charge in [-0.2, -0.15) is 0 Å². The van der Waals surface area contributed by atoms with Crippen LogP contribution in [0.3, 0.4) is 0 Å². The lowest BCUT2D eigenvalue weighted by Crippen LogP contribution is -2.38. The van der Waals surface area contributed by atoms with Crippen LogP contribution in [-0.2, 0) is 10.0 Å². The van der Waals surface area contributed by atoms with E-state index in [9.17, 15) is 8.42 Å². The molecule has 0 saturated carbocycles. The van der Waals surface area contributed by atoms with E-state index in [0.29, 0.717) is 18.5 Å². The van der Waals surface area contributed by atoms with Gasteiger partial charge >= 0.3 is 0 Å². The zero-order valence-electron chi connectivity index (χ0n) is 10.8. The summed E-state index contributed by atoms with van der Waals surface area (Å²) in [6.45, 7) is 3.50. The van der Waals surface area contributed by atoms with Gasteiger partial charge in [0, 0.05) is 5.69 Å². The van der Waals surface area contributed by atoms with Gasteiger partial charge in [-0.25, -0.2) is 8.42 Å². The minimum absolute atomic E-state index is 0. The standard InChI is InChI=1S/C12H18N2O2S.2ClH/c1-10-3-2-4-11(9-10)14-17(15,16)12-5-7-13-8-6-12;;/h2-4,9,12-14H,5-8H2,1H3;2*1H. The Morgan fingerprint density at radius 3 is 2.42 bits per heavy atom. The molecule has 19 heavy (non-hydrogen) atoms. The fourth-order valence-corrected chi connectivity index (χ4v) is 3.54. The van der Waals surface area contributed by atoms with Gasteiger partial charge in [0.25, 0.3) is 0 Å². The minimum Gasteiger partial charge on any atom is -0.317 e. The Hall–Kier alpha value is -0.490. The Labute approximate surface area is 127 Å². The van der Waals surface area contributed by atoms with Gasteiger partial charge in [-0.3, -0.25) is 4.72 Å². The molecule has 1 saturated heterocycles. The number of halogens is 2. The van der Waals surface area contributed by atoms with Crippen molar-refractivity contribution >= 4 is 40.5 Å². The Morgan fingerprint density at radius 1 is 1.21 bits per heavy atom. The molecule has 110 valence electrons. The molecule has 1 fully saturated rings. The van der Waals surface area contributed by atoms with Crippen molar-refractivity contribution in [2.75, 3.05) is 17.8 Å². The quantitative estimate of drug-likeness (QED) is 0.896. The first-order valence-corrected chi connectivity index (χ1v) is 7.41. The molecule has 0 atom stereocenters. The van der Waals surface area contributed by atoms with E-state index in [1.54, 1.807) is 6.07 Å². The van der Waals surface area contributed by atoms with Crippen molar-refractivity contribution < 1.29 is 8.42 Å². The molecule has 2 rings (SSSR count).